The van der Waals surface area contributed by atoms with E-state index in [-0.39, 0.29) is 6.10 Å². The zero-order valence-electron chi connectivity index (χ0n) is 19.5. The Bertz CT molecular complexity index is 923. The Labute approximate surface area is 190 Å². The number of likely N-dealkylation sites (tertiary alicyclic amines) is 1. The average molecular weight is 441 g/mol. The Kier molecular flexibility index (Phi) is 6.89. The van der Waals surface area contributed by atoms with Crippen LogP contribution in [0.1, 0.15) is 65.0 Å². The van der Waals surface area contributed by atoms with Crippen LogP contribution >= 0.6 is 0 Å². The normalized spacial score (nSPS) is 23.2. The molecular formula is C26H36N2O4. The van der Waals surface area contributed by atoms with Gasteiger partial charge in [0.1, 0.15) is 11.9 Å². The minimum Gasteiger partial charge on any atom is -0.490 e. The molecule has 1 aliphatic carbocycles. The van der Waals surface area contributed by atoms with Gasteiger partial charge in [-0.1, -0.05) is 26.8 Å². The predicted molar refractivity (Wildman–Crippen MR) is 125 cm³/mol. The van der Waals surface area contributed by atoms with E-state index in [0.29, 0.717) is 11.5 Å². The van der Waals surface area contributed by atoms with Gasteiger partial charge in [-0.05, 0) is 73.4 Å². The van der Waals surface area contributed by atoms with Gasteiger partial charge in [0, 0.05) is 31.2 Å². The minimum atomic E-state index is -1.18. The van der Waals surface area contributed by atoms with E-state index in [1.807, 2.05) is 6.20 Å². The first-order valence-corrected chi connectivity index (χ1v) is 11.9. The van der Waals surface area contributed by atoms with E-state index in [0.717, 1.165) is 68.1 Å². The first-order valence-electron chi connectivity index (χ1n) is 11.9. The number of carboxylic acid groups (broad SMARTS) is 1. The highest BCUT2D eigenvalue weighted by molar-refractivity contribution is 5.83. The molecule has 4 rings (SSSR count). The second-order valence-corrected chi connectivity index (χ2v) is 10.5. The van der Waals surface area contributed by atoms with Crippen LogP contribution in [0.15, 0.2) is 30.5 Å². The first kappa shape index (κ1) is 22.8. The fraction of sp³-hybridized carbons (Fsp3) is 0.615. The van der Waals surface area contributed by atoms with Crippen molar-refractivity contribution in [3.05, 3.63) is 36.2 Å². The van der Waals surface area contributed by atoms with Crippen molar-refractivity contribution < 1.29 is 19.4 Å². The van der Waals surface area contributed by atoms with Crippen molar-refractivity contribution in [3.63, 3.8) is 0 Å². The zero-order chi connectivity index (χ0) is 22.7. The highest BCUT2D eigenvalue weighted by Gasteiger charge is 2.30. The molecule has 1 N–H and O–H groups in total. The van der Waals surface area contributed by atoms with E-state index in [1.54, 1.807) is 0 Å². The van der Waals surface area contributed by atoms with E-state index in [4.69, 9.17) is 14.6 Å². The topological polar surface area (TPSA) is 71.9 Å². The summed E-state index contributed by atoms with van der Waals surface area (Å²) >= 11 is 0. The second kappa shape index (κ2) is 9.65. The van der Waals surface area contributed by atoms with Crippen molar-refractivity contribution in [2.75, 3.05) is 13.1 Å². The van der Waals surface area contributed by atoms with Gasteiger partial charge in [0.2, 0.25) is 0 Å². The maximum Gasteiger partial charge on any atom is 0.506 e. The summed E-state index contributed by atoms with van der Waals surface area (Å²) in [4.78, 5) is 17.7. The van der Waals surface area contributed by atoms with Crippen LogP contribution in [0.3, 0.4) is 0 Å². The molecular weight excluding hydrogens is 404 g/mol. The van der Waals surface area contributed by atoms with Crippen molar-refractivity contribution in [2.24, 2.45) is 11.3 Å². The van der Waals surface area contributed by atoms with Crippen LogP contribution < -0.4 is 4.74 Å². The van der Waals surface area contributed by atoms with Crippen LogP contribution in [0, 0.1) is 11.3 Å². The van der Waals surface area contributed by atoms with Crippen molar-refractivity contribution in [1.29, 1.82) is 0 Å². The fourth-order valence-electron chi connectivity index (χ4n) is 5.12. The summed E-state index contributed by atoms with van der Waals surface area (Å²) in [7, 11) is 0. The number of rotatable bonds is 5. The number of pyridine rings is 1. The number of carbonyl (C=O) groups is 1. The molecule has 1 aliphatic heterocycles. The smallest absolute Gasteiger partial charge is 0.490 e. The predicted octanol–water partition coefficient (Wildman–Crippen LogP) is 5.88. The van der Waals surface area contributed by atoms with Gasteiger partial charge in [0.15, 0.2) is 0 Å². The third-order valence-corrected chi connectivity index (χ3v) is 7.14. The number of nitrogens with zero attached hydrogens (tertiary/aromatic N) is 2. The Morgan fingerprint density at radius 3 is 2.41 bits per heavy atom. The molecule has 32 heavy (non-hydrogen) atoms. The van der Waals surface area contributed by atoms with Crippen LogP contribution in [0.2, 0.25) is 0 Å². The fourth-order valence-corrected chi connectivity index (χ4v) is 5.12. The lowest BCUT2D eigenvalue weighted by Gasteiger charge is -2.37. The molecule has 0 atom stereocenters. The minimum absolute atomic E-state index is 0.185. The molecule has 0 radical (unpaired) electrons. The number of aromatic nitrogens is 1. The van der Waals surface area contributed by atoms with Crippen LogP contribution in [-0.2, 0) is 11.3 Å². The van der Waals surface area contributed by atoms with E-state index in [1.165, 1.54) is 18.2 Å². The summed E-state index contributed by atoms with van der Waals surface area (Å²) in [6.45, 7) is 9.45. The number of hydrogen-bond donors (Lipinski definition) is 1. The van der Waals surface area contributed by atoms with Crippen LogP contribution in [-0.4, -0.2) is 46.4 Å². The average Bonchev–Trinajstić information content (AvgIpc) is 2.75. The molecule has 6 heteroatoms. The first-order chi connectivity index (χ1) is 15.3. The molecule has 1 aromatic carbocycles. The van der Waals surface area contributed by atoms with E-state index in [2.05, 4.69) is 54.9 Å². The molecule has 6 nitrogen and oxygen atoms in total. The molecule has 0 bridgehead atoms. The summed E-state index contributed by atoms with van der Waals surface area (Å²) in [5, 5.41) is 11.0. The van der Waals surface area contributed by atoms with Gasteiger partial charge in [0.25, 0.3) is 0 Å². The summed E-state index contributed by atoms with van der Waals surface area (Å²) in [5.41, 5.74) is 1.42. The van der Waals surface area contributed by atoms with Gasteiger partial charge >= 0.3 is 6.16 Å². The highest BCUT2D eigenvalue weighted by atomic mass is 16.7. The van der Waals surface area contributed by atoms with Crippen molar-refractivity contribution >= 4 is 16.9 Å². The molecule has 1 saturated carbocycles. The van der Waals surface area contributed by atoms with Gasteiger partial charge < -0.3 is 14.6 Å². The van der Waals surface area contributed by atoms with Gasteiger partial charge in [-0.2, -0.15) is 0 Å². The highest BCUT2D eigenvalue weighted by Crippen LogP contribution is 2.39. The van der Waals surface area contributed by atoms with Gasteiger partial charge in [-0.3, -0.25) is 9.88 Å². The second-order valence-electron chi connectivity index (χ2n) is 10.5. The number of fused-ring (bicyclic) bond motifs is 1. The summed E-state index contributed by atoms with van der Waals surface area (Å²) in [6.07, 6.45) is 7.10. The Morgan fingerprint density at radius 1 is 1.03 bits per heavy atom. The van der Waals surface area contributed by atoms with E-state index in [9.17, 15) is 4.79 Å². The van der Waals surface area contributed by atoms with Crippen molar-refractivity contribution in [2.45, 2.75) is 78.0 Å². The molecule has 174 valence electrons. The van der Waals surface area contributed by atoms with Crippen molar-refractivity contribution in [3.8, 4) is 5.75 Å². The standard InChI is InChI=1S/C26H36N2O4/c1-26(2,3)20-5-8-22(9-6-20)31-24-7-4-18-14-21(27-16-19(18)15-24)17-28-12-10-23(11-13-28)32-25(29)30/h4,7,14-16,20,22-23H,5-6,8-13,17H2,1-3H3,(H,29,30)/t20-,22-. The van der Waals surface area contributed by atoms with Gasteiger partial charge in [0.05, 0.1) is 11.8 Å². The maximum atomic E-state index is 10.7. The third kappa shape index (κ3) is 5.91. The molecule has 2 fully saturated rings. The third-order valence-electron chi connectivity index (χ3n) is 7.14. The lowest BCUT2D eigenvalue weighted by molar-refractivity contribution is 0.0183. The number of benzene rings is 1. The molecule has 2 aromatic rings. The Morgan fingerprint density at radius 2 is 1.75 bits per heavy atom. The Balaban J connectivity index is 1.31. The number of piperidine rings is 1. The van der Waals surface area contributed by atoms with E-state index >= 15 is 0 Å². The lowest BCUT2D eigenvalue weighted by atomic mass is 9.72. The lowest BCUT2D eigenvalue weighted by Crippen LogP contribution is -2.37. The molecule has 0 amide bonds. The monoisotopic (exact) mass is 440 g/mol. The molecule has 0 unspecified atom stereocenters. The quantitative estimate of drug-likeness (QED) is 0.586. The molecule has 2 heterocycles. The molecule has 1 aromatic heterocycles. The van der Waals surface area contributed by atoms with Crippen LogP contribution in [0.4, 0.5) is 4.79 Å². The number of hydrogen-bond acceptors (Lipinski definition) is 5. The van der Waals surface area contributed by atoms with Crippen LogP contribution in [0.5, 0.6) is 5.75 Å². The van der Waals surface area contributed by atoms with E-state index < -0.39 is 6.16 Å². The molecule has 1 saturated heterocycles. The van der Waals surface area contributed by atoms with Gasteiger partial charge in [-0.25, -0.2) is 4.79 Å². The number of ether oxygens (including phenoxy) is 2. The summed E-state index contributed by atoms with van der Waals surface area (Å²) < 4.78 is 11.2. The SMILES string of the molecule is CC(C)(C)[C@H]1CC[C@H](Oc2ccc3cc(CN4CCC(OC(=O)O)CC4)ncc3c2)CC1. The summed E-state index contributed by atoms with van der Waals surface area (Å²) in [6, 6.07) is 8.46. The van der Waals surface area contributed by atoms with Crippen molar-refractivity contribution in [1.82, 2.24) is 9.88 Å². The largest absolute Gasteiger partial charge is 0.506 e. The molecule has 2 aliphatic rings. The molecule has 0 spiro atoms. The maximum absolute atomic E-state index is 10.7. The van der Waals surface area contributed by atoms with Crippen LogP contribution in [0.25, 0.3) is 10.8 Å². The summed E-state index contributed by atoms with van der Waals surface area (Å²) in [5.74, 6) is 1.73. The zero-order valence-corrected chi connectivity index (χ0v) is 19.5. The van der Waals surface area contributed by atoms with Gasteiger partial charge in [-0.15, -0.1) is 0 Å². The Hall–Kier alpha value is -2.34.